The monoisotopic (exact) mass is 319 g/mol. The Kier molecular flexibility index (Phi) is 4.26. The number of anilines is 1. The summed E-state index contributed by atoms with van der Waals surface area (Å²) in [7, 11) is 0. The number of nitrogens with one attached hydrogen (secondary N) is 1. The summed E-state index contributed by atoms with van der Waals surface area (Å²) < 4.78 is 5.98. The molecule has 0 bridgehead atoms. The van der Waals surface area contributed by atoms with Crippen LogP contribution in [-0.2, 0) is 0 Å². The van der Waals surface area contributed by atoms with Crippen molar-refractivity contribution in [2.75, 3.05) is 17.3 Å². The van der Waals surface area contributed by atoms with Gasteiger partial charge in [-0.2, -0.15) is 4.98 Å². The maximum absolute atomic E-state index is 5.98. The molecule has 0 amide bonds. The summed E-state index contributed by atoms with van der Waals surface area (Å²) in [5.41, 5.74) is 2.21. The molecule has 0 aliphatic carbocycles. The van der Waals surface area contributed by atoms with Crippen LogP contribution in [0.25, 0.3) is 11.5 Å². The summed E-state index contributed by atoms with van der Waals surface area (Å²) in [5.74, 6) is 3.23. The normalized spacial score (nSPS) is 17.1. The topological polar surface area (TPSA) is 50.4 Å². The number of hydrogen-bond acceptors (Lipinski definition) is 6. The Hall–Kier alpha value is -1.40. The van der Waals surface area contributed by atoms with Crippen LogP contribution in [0, 0.1) is 6.92 Å². The number of fused-ring (bicyclic) bond motifs is 1. The molecule has 21 heavy (non-hydrogen) atoms. The molecule has 1 N–H and O–H groups in total. The van der Waals surface area contributed by atoms with Gasteiger partial charge in [0.1, 0.15) is 0 Å². The highest BCUT2D eigenvalue weighted by Gasteiger charge is 2.27. The quantitative estimate of drug-likeness (QED) is 0.899. The predicted molar refractivity (Wildman–Crippen MR) is 92.1 cm³/mol. The van der Waals surface area contributed by atoms with Gasteiger partial charge in [-0.3, -0.25) is 0 Å². The maximum atomic E-state index is 5.98. The van der Waals surface area contributed by atoms with E-state index in [1.807, 2.05) is 18.4 Å². The van der Waals surface area contributed by atoms with E-state index in [-0.39, 0.29) is 5.37 Å². The van der Waals surface area contributed by atoms with Crippen LogP contribution in [0.4, 0.5) is 5.82 Å². The fourth-order valence-corrected chi connectivity index (χ4v) is 3.36. The lowest BCUT2D eigenvalue weighted by Gasteiger charge is -2.17. The van der Waals surface area contributed by atoms with E-state index < -0.39 is 0 Å². The van der Waals surface area contributed by atoms with E-state index in [0.717, 1.165) is 28.1 Å². The number of thioether (sulfide) groups is 2. The maximum Gasteiger partial charge on any atom is 0.228 e. The summed E-state index contributed by atoms with van der Waals surface area (Å²) >= 11 is 3.34. The van der Waals surface area contributed by atoms with Crippen LogP contribution in [0.1, 0.15) is 23.6 Å². The fraction of sp³-hybridized carbons (Fsp3) is 0.333. The Labute approximate surface area is 132 Å². The molecule has 2 heterocycles. The van der Waals surface area contributed by atoms with Gasteiger partial charge < -0.3 is 9.73 Å². The average molecular weight is 319 g/mol. The molecule has 1 atom stereocenters. The fourth-order valence-electron chi connectivity index (χ4n) is 2.08. The van der Waals surface area contributed by atoms with E-state index in [2.05, 4.69) is 41.3 Å². The first-order valence-electron chi connectivity index (χ1n) is 6.79. The highest BCUT2D eigenvalue weighted by atomic mass is 32.2. The summed E-state index contributed by atoms with van der Waals surface area (Å²) in [4.78, 5) is 9.25. The van der Waals surface area contributed by atoms with Gasteiger partial charge in [-0.05, 0) is 31.1 Å². The molecule has 4 nitrogen and oxygen atoms in total. The molecule has 0 saturated carbocycles. The van der Waals surface area contributed by atoms with Crippen LogP contribution in [0.15, 0.2) is 33.7 Å². The Bertz CT molecular complexity index is 664. The van der Waals surface area contributed by atoms with Crippen molar-refractivity contribution in [2.24, 2.45) is 4.99 Å². The van der Waals surface area contributed by atoms with Gasteiger partial charge in [-0.15, -0.1) is 11.8 Å². The average Bonchev–Trinajstić information content (AvgIpc) is 2.92. The van der Waals surface area contributed by atoms with Gasteiger partial charge in [-0.1, -0.05) is 36.4 Å². The number of benzene rings is 1. The van der Waals surface area contributed by atoms with E-state index in [4.69, 9.17) is 4.42 Å². The van der Waals surface area contributed by atoms with E-state index in [0.29, 0.717) is 5.89 Å². The van der Waals surface area contributed by atoms with Crippen molar-refractivity contribution in [1.29, 1.82) is 0 Å². The van der Waals surface area contributed by atoms with Crippen molar-refractivity contribution >= 4 is 34.5 Å². The number of rotatable bonds is 3. The molecule has 2 aromatic rings. The minimum atomic E-state index is -0.0135. The van der Waals surface area contributed by atoms with Crippen molar-refractivity contribution in [3.63, 3.8) is 0 Å². The van der Waals surface area contributed by atoms with Crippen molar-refractivity contribution in [1.82, 2.24) is 4.98 Å². The molecule has 1 aliphatic rings. The SMILES string of the molecule is CCSC1N=C(SC)Nc2nc(-c3ccc(C)cc3)oc21. The first-order chi connectivity index (χ1) is 10.2. The van der Waals surface area contributed by atoms with E-state index >= 15 is 0 Å². The van der Waals surface area contributed by atoms with Gasteiger partial charge >= 0.3 is 0 Å². The van der Waals surface area contributed by atoms with Gasteiger partial charge in [0.2, 0.25) is 5.89 Å². The Morgan fingerprint density at radius 1 is 1.29 bits per heavy atom. The van der Waals surface area contributed by atoms with Crippen LogP contribution in [0.3, 0.4) is 0 Å². The molecule has 110 valence electrons. The summed E-state index contributed by atoms with van der Waals surface area (Å²) in [6, 6.07) is 8.19. The minimum absolute atomic E-state index is 0.0135. The summed E-state index contributed by atoms with van der Waals surface area (Å²) in [6.07, 6.45) is 2.01. The predicted octanol–water partition coefficient (Wildman–Crippen LogP) is 4.55. The lowest BCUT2D eigenvalue weighted by molar-refractivity contribution is 0.518. The van der Waals surface area contributed by atoms with Gasteiger partial charge in [0.05, 0.1) is 0 Å². The van der Waals surface area contributed by atoms with E-state index in [1.54, 1.807) is 23.5 Å². The van der Waals surface area contributed by atoms with Gasteiger partial charge in [0.25, 0.3) is 0 Å². The Morgan fingerprint density at radius 2 is 2.05 bits per heavy atom. The third-order valence-electron chi connectivity index (χ3n) is 3.15. The molecular formula is C15H17N3OS2. The third kappa shape index (κ3) is 2.96. The van der Waals surface area contributed by atoms with E-state index in [9.17, 15) is 0 Å². The summed E-state index contributed by atoms with van der Waals surface area (Å²) in [5, 5.41) is 4.10. The zero-order chi connectivity index (χ0) is 14.8. The van der Waals surface area contributed by atoms with Crippen molar-refractivity contribution in [3.8, 4) is 11.5 Å². The molecule has 1 aliphatic heterocycles. The number of aryl methyl sites for hydroxylation is 1. The first-order valence-corrected chi connectivity index (χ1v) is 9.06. The zero-order valence-electron chi connectivity index (χ0n) is 12.2. The second-order valence-electron chi connectivity index (χ2n) is 4.67. The molecule has 0 saturated heterocycles. The van der Waals surface area contributed by atoms with Crippen molar-refractivity contribution < 1.29 is 4.42 Å². The molecular weight excluding hydrogens is 302 g/mol. The molecule has 1 unspecified atom stereocenters. The standard InChI is InChI=1S/C15H17N3OS2/c1-4-21-14-11-12(17-15(18-14)20-3)16-13(19-11)10-7-5-9(2)6-8-10/h5-8,14H,4H2,1-3H3,(H,17,18). The Morgan fingerprint density at radius 3 is 2.71 bits per heavy atom. The van der Waals surface area contributed by atoms with Crippen LogP contribution < -0.4 is 5.32 Å². The van der Waals surface area contributed by atoms with Gasteiger partial charge in [-0.25, -0.2) is 4.99 Å². The number of hydrogen-bond donors (Lipinski definition) is 1. The number of aromatic nitrogens is 1. The number of amidine groups is 1. The van der Waals surface area contributed by atoms with Crippen LogP contribution in [0.5, 0.6) is 0 Å². The number of nitrogens with zero attached hydrogens (tertiary/aromatic N) is 2. The number of oxazole rings is 1. The van der Waals surface area contributed by atoms with E-state index in [1.165, 1.54) is 5.56 Å². The molecule has 0 radical (unpaired) electrons. The van der Waals surface area contributed by atoms with Crippen LogP contribution in [0.2, 0.25) is 0 Å². The van der Waals surface area contributed by atoms with Crippen LogP contribution >= 0.6 is 23.5 Å². The second-order valence-corrected chi connectivity index (χ2v) is 6.82. The Balaban J connectivity index is 1.97. The smallest absolute Gasteiger partial charge is 0.228 e. The summed E-state index contributed by atoms with van der Waals surface area (Å²) in [6.45, 7) is 4.19. The lowest BCUT2D eigenvalue weighted by Crippen LogP contribution is -2.15. The molecule has 6 heteroatoms. The second kappa shape index (κ2) is 6.15. The molecule has 0 fully saturated rings. The van der Waals surface area contributed by atoms with Crippen molar-refractivity contribution in [2.45, 2.75) is 19.2 Å². The third-order valence-corrected chi connectivity index (χ3v) is 4.72. The van der Waals surface area contributed by atoms with Crippen molar-refractivity contribution in [3.05, 3.63) is 35.6 Å². The first kappa shape index (κ1) is 14.5. The highest BCUT2D eigenvalue weighted by molar-refractivity contribution is 8.13. The molecule has 3 rings (SSSR count). The van der Waals surface area contributed by atoms with Gasteiger partial charge in [0, 0.05) is 5.56 Å². The zero-order valence-corrected chi connectivity index (χ0v) is 13.8. The van der Waals surface area contributed by atoms with Gasteiger partial charge in [0.15, 0.2) is 22.1 Å². The highest BCUT2D eigenvalue weighted by Crippen LogP contribution is 2.40. The molecule has 1 aromatic carbocycles. The molecule has 1 aromatic heterocycles. The largest absolute Gasteiger partial charge is 0.436 e. The molecule has 0 spiro atoms. The minimum Gasteiger partial charge on any atom is -0.436 e. The van der Waals surface area contributed by atoms with Crippen LogP contribution in [-0.4, -0.2) is 22.2 Å². The number of aliphatic imine (C=N–C) groups is 1. The lowest BCUT2D eigenvalue weighted by atomic mass is 10.1.